The Hall–Kier alpha value is -0.880. The molecule has 34 heavy (non-hydrogen) atoms. The number of ether oxygens (including phenoxy) is 1. The lowest BCUT2D eigenvalue weighted by atomic mass is 9.68. The molecule has 0 aromatic heterocycles. The highest BCUT2D eigenvalue weighted by Crippen LogP contribution is 2.46. The number of amidine groups is 1. The molecule has 194 valence electrons. The van der Waals surface area contributed by atoms with E-state index in [4.69, 9.17) is 25.2 Å². The summed E-state index contributed by atoms with van der Waals surface area (Å²) in [5, 5.41) is 36.8. The molecule has 8 unspecified atom stereocenters. The van der Waals surface area contributed by atoms with Crippen LogP contribution >= 0.6 is 7.82 Å². The van der Waals surface area contributed by atoms with Crippen molar-refractivity contribution in [1.82, 2.24) is 5.32 Å². The van der Waals surface area contributed by atoms with Gasteiger partial charge in [0.1, 0.15) is 42.0 Å². The van der Waals surface area contributed by atoms with Crippen LogP contribution in [0, 0.1) is 5.92 Å². The van der Waals surface area contributed by atoms with Crippen molar-refractivity contribution in [2.24, 2.45) is 16.6 Å². The van der Waals surface area contributed by atoms with Gasteiger partial charge in [0.05, 0.1) is 12.1 Å². The van der Waals surface area contributed by atoms with Crippen LogP contribution in [-0.4, -0.2) is 79.3 Å². The Morgan fingerprint density at radius 3 is 2.50 bits per heavy atom. The minimum Gasteiger partial charge on any atom is -0.388 e. The van der Waals surface area contributed by atoms with Crippen LogP contribution in [0.4, 0.5) is 0 Å². The van der Waals surface area contributed by atoms with Gasteiger partial charge in [-0.3, -0.25) is 14.8 Å². The molecule has 5 heterocycles. The molecule has 0 amide bonds. The molecule has 0 aromatic rings. The Labute approximate surface area is 199 Å². The molecular weight excluding hydrogens is 465 g/mol. The average Bonchev–Trinajstić information content (AvgIpc) is 3.09. The Bertz CT molecular complexity index is 837. The van der Waals surface area contributed by atoms with Crippen LogP contribution in [0.1, 0.15) is 64.2 Å². The molecule has 0 aliphatic carbocycles. The standard InChI is InChI=1S/C22H38N3O8P/c23-16-9-8-14-7-6-11-21(24-16)10-4-2-1-3-5-12-22(14,25-20(21)28)19-18(27)17(26)15(33-19)13-32-34(29,30)31/h8-9,14-15,17-20,25-28H,1-7,10-13H2,(H2,23,24)(H2,29,30,31)/b9-8-. The van der Waals surface area contributed by atoms with Crippen molar-refractivity contribution >= 4 is 13.7 Å². The van der Waals surface area contributed by atoms with Gasteiger partial charge in [-0.25, -0.2) is 4.57 Å². The SMILES string of the molecule is NC1=NC23CCCCCCCC(C4OC(COP(=O)(O)O)C(O)C4O)(NC2O)C(/C=C\1)CCC3. The minimum atomic E-state index is -4.78. The van der Waals surface area contributed by atoms with E-state index in [0.29, 0.717) is 25.1 Å². The number of hydrogen-bond donors (Lipinski definition) is 7. The van der Waals surface area contributed by atoms with E-state index >= 15 is 0 Å². The molecule has 0 saturated carbocycles. The Kier molecular flexibility index (Phi) is 7.89. The number of phosphoric ester groups is 1. The van der Waals surface area contributed by atoms with E-state index in [1.165, 1.54) is 0 Å². The molecular formula is C22H38N3O8P. The van der Waals surface area contributed by atoms with Gasteiger partial charge < -0.3 is 35.6 Å². The van der Waals surface area contributed by atoms with Crippen LogP contribution in [0.5, 0.6) is 0 Å². The monoisotopic (exact) mass is 503 g/mol. The molecule has 0 aromatic carbocycles. The van der Waals surface area contributed by atoms with E-state index in [-0.39, 0.29) is 5.92 Å². The highest BCUT2D eigenvalue weighted by atomic mass is 31.2. The van der Waals surface area contributed by atoms with Crippen LogP contribution < -0.4 is 11.1 Å². The first kappa shape index (κ1) is 26.2. The second-order valence-electron chi connectivity index (χ2n) is 10.2. The van der Waals surface area contributed by atoms with Gasteiger partial charge in [-0.1, -0.05) is 44.6 Å². The molecule has 3 fully saturated rings. The zero-order chi connectivity index (χ0) is 24.6. The number of nitrogens with two attached hydrogens (primary N) is 1. The first-order valence-electron chi connectivity index (χ1n) is 12.3. The lowest BCUT2D eigenvalue weighted by Gasteiger charge is -2.51. The fourth-order valence-electron chi connectivity index (χ4n) is 6.28. The molecule has 8 atom stereocenters. The van der Waals surface area contributed by atoms with Crippen molar-refractivity contribution in [2.75, 3.05) is 6.61 Å². The maximum Gasteiger partial charge on any atom is 0.469 e. The van der Waals surface area contributed by atoms with Gasteiger partial charge >= 0.3 is 7.82 Å². The highest BCUT2D eigenvalue weighted by molar-refractivity contribution is 7.46. The molecule has 1 spiro atoms. The van der Waals surface area contributed by atoms with Crippen molar-refractivity contribution in [3.05, 3.63) is 12.2 Å². The summed E-state index contributed by atoms with van der Waals surface area (Å²) in [5.41, 5.74) is 4.47. The van der Waals surface area contributed by atoms with E-state index < -0.39 is 56.2 Å². The summed E-state index contributed by atoms with van der Waals surface area (Å²) in [5.74, 6) is 0.155. The number of nitrogens with one attached hydrogen (secondary N) is 1. The normalized spacial score (nSPS) is 44.9. The van der Waals surface area contributed by atoms with Gasteiger partial charge in [-0.15, -0.1) is 0 Å². The number of aliphatic imine (C=N–C) groups is 1. The fourth-order valence-corrected chi connectivity index (χ4v) is 6.63. The van der Waals surface area contributed by atoms with Gasteiger partial charge in [0, 0.05) is 0 Å². The summed E-state index contributed by atoms with van der Waals surface area (Å²) < 4.78 is 21.9. The van der Waals surface area contributed by atoms with E-state index in [9.17, 15) is 19.9 Å². The topological polar surface area (TPSA) is 187 Å². The van der Waals surface area contributed by atoms with Crippen molar-refractivity contribution in [3.8, 4) is 0 Å². The Balaban J connectivity index is 1.75. The van der Waals surface area contributed by atoms with E-state index in [0.717, 1.165) is 44.9 Å². The molecule has 0 radical (unpaired) electrons. The van der Waals surface area contributed by atoms with Gasteiger partial charge in [0.25, 0.3) is 0 Å². The first-order chi connectivity index (χ1) is 16.1. The number of aliphatic hydroxyl groups excluding tert-OH is 3. The highest BCUT2D eigenvalue weighted by Gasteiger charge is 2.58. The predicted octanol–water partition coefficient (Wildman–Crippen LogP) is 0.442. The summed E-state index contributed by atoms with van der Waals surface area (Å²) in [6.07, 6.45) is 6.05. The number of fused-ring (bicyclic) bond motifs is 3. The third kappa shape index (κ3) is 5.28. The Morgan fingerprint density at radius 1 is 1.09 bits per heavy atom. The molecule has 3 saturated heterocycles. The molecule has 3 bridgehead atoms. The van der Waals surface area contributed by atoms with Crippen molar-refractivity contribution < 1.29 is 38.9 Å². The number of aliphatic hydroxyl groups is 3. The molecule has 5 aliphatic rings. The second-order valence-corrected chi connectivity index (χ2v) is 11.5. The third-order valence-electron chi connectivity index (χ3n) is 8.03. The van der Waals surface area contributed by atoms with Crippen LogP contribution in [0.15, 0.2) is 17.1 Å². The summed E-state index contributed by atoms with van der Waals surface area (Å²) in [6, 6.07) is 0. The Morgan fingerprint density at radius 2 is 1.76 bits per heavy atom. The lowest BCUT2D eigenvalue weighted by molar-refractivity contribution is -0.107. The number of rotatable bonds is 4. The van der Waals surface area contributed by atoms with Gasteiger partial charge in [0.15, 0.2) is 0 Å². The summed E-state index contributed by atoms with van der Waals surface area (Å²) >= 11 is 0. The average molecular weight is 504 g/mol. The van der Waals surface area contributed by atoms with Crippen LogP contribution in [0.3, 0.4) is 0 Å². The van der Waals surface area contributed by atoms with Crippen molar-refractivity contribution in [3.63, 3.8) is 0 Å². The maximum absolute atomic E-state index is 11.6. The van der Waals surface area contributed by atoms with Crippen LogP contribution in [0.2, 0.25) is 0 Å². The maximum atomic E-state index is 11.6. The van der Waals surface area contributed by atoms with E-state index in [1.54, 1.807) is 6.08 Å². The van der Waals surface area contributed by atoms with E-state index in [2.05, 4.69) is 9.84 Å². The largest absolute Gasteiger partial charge is 0.469 e. The summed E-state index contributed by atoms with van der Waals surface area (Å²) in [7, 11) is -4.78. The minimum absolute atomic E-state index is 0.193. The van der Waals surface area contributed by atoms with Gasteiger partial charge in [-0.05, 0) is 37.7 Å². The summed E-state index contributed by atoms with van der Waals surface area (Å²) in [4.78, 5) is 23.0. The van der Waals surface area contributed by atoms with Gasteiger partial charge in [0.2, 0.25) is 0 Å². The smallest absolute Gasteiger partial charge is 0.388 e. The molecule has 11 nitrogen and oxygen atoms in total. The fraction of sp³-hybridized carbons (Fsp3) is 0.864. The number of phosphoric acid groups is 1. The molecule has 12 heteroatoms. The summed E-state index contributed by atoms with van der Waals surface area (Å²) in [6.45, 7) is -0.571. The van der Waals surface area contributed by atoms with Crippen molar-refractivity contribution in [1.29, 1.82) is 0 Å². The van der Waals surface area contributed by atoms with Gasteiger partial charge in [-0.2, -0.15) is 0 Å². The van der Waals surface area contributed by atoms with E-state index in [1.807, 2.05) is 6.08 Å². The zero-order valence-electron chi connectivity index (χ0n) is 19.3. The molecule has 5 rings (SSSR count). The number of nitrogens with zero attached hydrogens (tertiary/aromatic N) is 1. The molecule has 5 aliphatic heterocycles. The third-order valence-corrected chi connectivity index (χ3v) is 8.51. The van der Waals surface area contributed by atoms with Crippen molar-refractivity contribution in [2.45, 2.75) is 106 Å². The predicted molar refractivity (Wildman–Crippen MR) is 124 cm³/mol. The quantitative estimate of drug-likeness (QED) is 0.265. The lowest BCUT2D eigenvalue weighted by Crippen LogP contribution is -2.69. The van der Waals surface area contributed by atoms with Crippen LogP contribution in [-0.2, 0) is 13.8 Å². The zero-order valence-corrected chi connectivity index (χ0v) is 20.2. The second kappa shape index (κ2) is 10.2. The van der Waals surface area contributed by atoms with Crippen LogP contribution in [0.25, 0.3) is 0 Å². The number of hydrogen-bond acceptors (Lipinski definition) is 9. The first-order valence-corrected chi connectivity index (χ1v) is 13.8. The molecule has 8 N–H and O–H groups in total.